The van der Waals surface area contributed by atoms with Crippen LogP contribution in [0, 0.1) is 6.92 Å². The molecule has 2 rings (SSSR count). The molecule has 0 aliphatic rings. The summed E-state index contributed by atoms with van der Waals surface area (Å²) in [4.78, 5) is 0.631. The lowest BCUT2D eigenvalue weighted by Gasteiger charge is -2.06. The SMILES string of the molecule is Cc1ccc(CS(=O)c2ccc(N)cc2Cl)cc1. The predicted molar refractivity (Wildman–Crippen MR) is 77.2 cm³/mol. The lowest BCUT2D eigenvalue weighted by molar-refractivity contribution is 0.682. The summed E-state index contributed by atoms with van der Waals surface area (Å²) >= 11 is 6.04. The van der Waals surface area contributed by atoms with Crippen LogP contribution in [0.3, 0.4) is 0 Å². The van der Waals surface area contributed by atoms with E-state index in [9.17, 15) is 4.21 Å². The number of rotatable bonds is 3. The third-order valence-electron chi connectivity index (χ3n) is 2.62. The Morgan fingerprint density at radius 1 is 1.17 bits per heavy atom. The molecule has 0 amide bonds. The molecule has 0 fully saturated rings. The number of aryl methyl sites for hydroxylation is 1. The number of hydrogen-bond donors (Lipinski definition) is 1. The van der Waals surface area contributed by atoms with Gasteiger partial charge in [0, 0.05) is 5.69 Å². The molecule has 0 aliphatic carbocycles. The zero-order chi connectivity index (χ0) is 13.1. The van der Waals surface area contributed by atoms with Crippen LogP contribution in [0.15, 0.2) is 47.4 Å². The van der Waals surface area contributed by atoms with Crippen LogP contribution in [0.4, 0.5) is 5.69 Å². The summed E-state index contributed by atoms with van der Waals surface area (Å²) in [5.41, 5.74) is 8.42. The fraction of sp³-hybridized carbons (Fsp3) is 0.143. The van der Waals surface area contributed by atoms with Crippen molar-refractivity contribution < 1.29 is 4.21 Å². The first-order valence-corrected chi connectivity index (χ1v) is 7.25. The molecule has 2 N–H and O–H groups in total. The topological polar surface area (TPSA) is 43.1 Å². The maximum absolute atomic E-state index is 12.2. The Balaban J connectivity index is 2.19. The molecule has 0 bridgehead atoms. The Labute approximate surface area is 114 Å². The molecule has 0 radical (unpaired) electrons. The zero-order valence-corrected chi connectivity index (χ0v) is 11.6. The Morgan fingerprint density at radius 3 is 2.44 bits per heavy atom. The number of anilines is 1. The van der Waals surface area contributed by atoms with Crippen molar-refractivity contribution in [2.75, 3.05) is 5.73 Å². The minimum atomic E-state index is -1.15. The molecule has 0 heterocycles. The quantitative estimate of drug-likeness (QED) is 0.874. The van der Waals surface area contributed by atoms with Gasteiger partial charge < -0.3 is 5.73 Å². The van der Waals surface area contributed by atoms with Gasteiger partial charge in [0.25, 0.3) is 0 Å². The van der Waals surface area contributed by atoms with Gasteiger partial charge in [-0.2, -0.15) is 0 Å². The van der Waals surface area contributed by atoms with Crippen molar-refractivity contribution >= 4 is 28.1 Å². The highest BCUT2D eigenvalue weighted by Gasteiger charge is 2.09. The summed E-state index contributed by atoms with van der Waals surface area (Å²) in [6.45, 7) is 2.03. The molecule has 0 aromatic heterocycles. The van der Waals surface area contributed by atoms with Crippen molar-refractivity contribution in [3.63, 3.8) is 0 Å². The minimum absolute atomic E-state index is 0.459. The number of nitrogens with two attached hydrogens (primary N) is 1. The highest BCUT2D eigenvalue weighted by molar-refractivity contribution is 7.84. The van der Waals surface area contributed by atoms with E-state index in [2.05, 4.69) is 0 Å². The van der Waals surface area contributed by atoms with E-state index in [0.717, 1.165) is 5.56 Å². The molecule has 2 aromatic rings. The van der Waals surface area contributed by atoms with E-state index in [4.69, 9.17) is 17.3 Å². The Hall–Kier alpha value is -1.32. The highest BCUT2D eigenvalue weighted by Crippen LogP contribution is 2.24. The van der Waals surface area contributed by atoms with Crippen molar-refractivity contribution in [3.8, 4) is 0 Å². The normalized spacial score (nSPS) is 12.3. The van der Waals surface area contributed by atoms with E-state index in [-0.39, 0.29) is 0 Å². The van der Waals surface area contributed by atoms with Crippen LogP contribution >= 0.6 is 11.6 Å². The second-order valence-corrected chi connectivity index (χ2v) is 5.99. The average molecular weight is 280 g/mol. The van der Waals surface area contributed by atoms with Gasteiger partial charge in [0.1, 0.15) is 0 Å². The average Bonchev–Trinajstić information content (AvgIpc) is 2.32. The summed E-state index contributed by atoms with van der Waals surface area (Å²) in [6, 6.07) is 13.1. The van der Waals surface area contributed by atoms with Gasteiger partial charge >= 0.3 is 0 Å². The first kappa shape index (κ1) is 13.1. The van der Waals surface area contributed by atoms with Crippen molar-refractivity contribution in [2.45, 2.75) is 17.6 Å². The maximum atomic E-state index is 12.2. The molecule has 2 nitrogen and oxygen atoms in total. The van der Waals surface area contributed by atoms with E-state index in [1.165, 1.54) is 5.56 Å². The summed E-state index contributed by atoms with van der Waals surface area (Å²) < 4.78 is 12.2. The van der Waals surface area contributed by atoms with Gasteiger partial charge in [-0.15, -0.1) is 0 Å². The molecular weight excluding hydrogens is 266 g/mol. The van der Waals surface area contributed by atoms with Crippen LogP contribution in [0.25, 0.3) is 0 Å². The van der Waals surface area contributed by atoms with Gasteiger partial charge in [-0.3, -0.25) is 4.21 Å². The second kappa shape index (κ2) is 5.55. The molecule has 1 unspecified atom stereocenters. The van der Waals surface area contributed by atoms with E-state index in [1.807, 2.05) is 31.2 Å². The molecule has 0 spiro atoms. The van der Waals surface area contributed by atoms with Crippen molar-refractivity contribution in [3.05, 3.63) is 58.6 Å². The van der Waals surface area contributed by atoms with Crippen LogP contribution in [0.1, 0.15) is 11.1 Å². The van der Waals surface area contributed by atoms with Gasteiger partial charge in [0.15, 0.2) is 0 Å². The molecule has 0 saturated carbocycles. The van der Waals surface area contributed by atoms with Crippen LogP contribution in [-0.4, -0.2) is 4.21 Å². The molecule has 4 heteroatoms. The molecule has 0 aliphatic heterocycles. The largest absolute Gasteiger partial charge is 0.399 e. The molecular formula is C14H14ClNOS. The van der Waals surface area contributed by atoms with Gasteiger partial charge in [-0.25, -0.2) is 0 Å². The Morgan fingerprint density at radius 2 is 1.83 bits per heavy atom. The lowest BCUT2D eigenvalue weighted by Crippen LogP contribution is -1.98. The Bertz CT molecular complexity index is 581. The predicted octanol–water partition coefficient (Wildman–Crippen LogP) is 3.54. The fourth-order valence-corrected chi connectivity index (χ4v) is 3.21. The molecule has 94 valence electrons. The van der Waals surface area contributed by atoms with Gasteiger partial charge in [-0.05, 0) is 30.7 Å². The second-order valence-electron chi connectivity index (χ2n) is 4.17. The molecule has 0 saturated heterocycles. The zero-order valence-electron chi connectivity index (χ0n) is 10.0. The summed E-state index contributed by atoms with van der Waals surface area (Å²) in [5, 5.41) is 0.459. The summed E-state index contributed by atoms with van der Waals surface area (Å²) in [7, 11) is -1.15. The number of hydrogen-bond acceptors (Lipinski definition) is 2. The Kier molecular flexibility index (Phi) is 4.04. The minimum Gasteiger partial charge on any atom is -0.399 e. The van der Waals surface area contributed by atoms with Crippen LogP contribution < -0.4 is 5.73 Å². The fourth-order valence-electron chi connectivity index (χ4n) is 1.62. The van der Waals surface area contributed by atoms with Crippen molar-refractivity contribution in [2.24, 2.45) is 0 Å². The van der Waals surface area contributed by atoms with E-state index in [1.54, 1.807) is 18.2 Å². The van der Waals surface area contributed by atoms with Gasteiger partial charge in [0.2, 0.25) is 0 Å². The van der Waals surface area contributed by atoms with E-state index < -0.39 is 10.8 Å². The van der Waals surface area contributed by atoms with Crippen molar-refractivity contribution in [1.29, 1.82) is 0 Å². The maximum Gasteiger partial charge on any atom is 0.0589 e. The monoisotopic (exact) mass is 279 g/mol. The van der Waals surface area contributed by atoms with Crippen molar-refractivity contribution in [1.82, 2.24) is 0 Å². The lowest BCUT2D eigenvalue weighted by atomic mass is 10.2. The van der Waals surface area contributed by atoms with Gasteiger partial charge in [-0.1, -0.05) is 41.4 Å². The highest BCUT2D eigenvalue weighted by atomic mass is 35.5. The third kappa shape index (κ3) is 3.12. The first-order chi connectivity index (χ1) is 8.56. The number of benzene rings is 2. The number of halogens is 1. The summed E-state index contributed by atoms with van der Waals surface area (Å²) in [5.74, 6) is 0.462. The molecule has 1 atom stereocenters. The summed E-state index contributed by atoms with van der Waals surface area (Å²) in [6.07, 6.45) is 0. The molecule has 2 aromatic carbocycles. The van der Waals surface area contributed by atoms with Crippen LogP contribution in [0.5, 0.6) is 0 Å². The van der Waals surface area contributed by atoms with E-state index >= 15 is 0 Å². The van der Waals surface area contributed by atoms with E-state index in [0.29, 0.717) is 21.4 Å². The first-order valence-electron chi connectivity index (χ1n) is 5.55. The smallest absolute Gasteiger partial charge is 0.0589 e. The number of nitrogen functional groups attached to an aromatic ring is 1. The van der Waals surface area contributed by atoms with Crippen LogP contribution in [0.2, 0.25) is 5.02 Å². The van der Waals surface area contributed by atoms with Gasteiger partial charge in [0.05, 0.1) is 26.5 Å². The third-order valence-corrected chi connectivity index (χ3v) is 4.49. The standard InChI is InChI=1S/C14H14ClNOS/c1-10-2-4-11(5-3-10)9-18(17)14-7-6-12(16)8-13(14)15/h2-8H,9,16H2,1H3. The molecule has 18 heavy (non-hydrogen) atoms. The van der Waals surface area contributed by atoms with Crippen LogP contribution in [-0.2, 0) is 16.6 Å².